The number of aromatic nitrogens is 1. The smallest absolute Gasteiger partial charge is 0.433 e. The third-order valence-corrected chi connectivity index (χ3v) is 2.96. The lowest BCUT2D eigenvalue weighted by Gasteiger charge is -2.12. The molecule has 3 nitrogen and oxygen atoms in total. The van der Waals surface area contributed by atoms with E-state index in [1.54, 1.807) is 12.1 Å². The Kier molecular flexibility index (Phi) is 4.06. The maximum Gasteiger partial charge on any atom is 0.433 e. The summed E-state index contributed by atoms with van der Waals surface area (Å²) in [6.07, 6.45) is -3.59. The Morgan fingerprint density at radius 3 is 2.29 bits per heavy atom. The van der Waals surface area contributed by atoms with Crippen LogP contribution in [0.1, 0.15) is 31.0 Å². The largest absolute Gasteiger partial charge is 0.455 e. The Hall–Kier alpha value is -2.24. The number of anilines is 1. The van der Waals surface area contributed by atoms with Crippen molar-refractivity contribution in [2.24, 2.45) is 0 Å². The van der Waals surface area contributed by atoms with Gasteiger partial charge in [-0.2, -0.15) is 13.2 Å². The van der Waals surface area contributed by atoms with Gasteiger partial charge in [-0.15, -0.1) is 0 Å². The number of rotatable bonds is 3. The van der Waals surface area contributed by atoms with Crippen LogP contribution < -0.4 is 10.5 Å². The number of nitrogen functional groups attached to an aromatic ring is 1. The fraction of sp³-hybridized carbons (Fsp3) is 0.267. The predicted octanol–water partition coefficient (Wildman–Crippen LogP) is 4.60. The number of halogens is 3. The summed E-state index contributed by atoms with van der Waals surface area (Å²) in [5.74, 6) is 0.724. The second kappa shape index (κ2) is 5.63. The van der Waals surface area contributed by atoms with E-state index in [0.717, 1.165) is 17.8 Å². The van der Waals surface area contributed by atoms with Crippen molar-refractivity contribution in [3.05, 3.63) is 47.8 Å². The van der Waals surface area contributed by atoms with Crippen LogP contribution >= 0.6 is 0 Å². The molecule has 0 aliphatic carbocycles. The Balaban J connectivity index is 2.26. The molecule has 1 aromatic heterocycles. The number of alkyl halides is 3. The van der Waals surface area contributed by atoms with Crippen LogP contribution in [0.3, 0.4) is 0 Å². The molecule has 2 rings (SSSR count). The lowest BCUT2D eigenvalue weighted by Crippen LogP contribution is -2.08. The van der Waals surface area contributed by atoms with Gasteiger partial charge in [0.2, 0.25) is 0 Å². The zero-order chi connectivity index (χ0) is 15.6. The molecule has 0 radical (unpaired) electrons. The molecule has 2 N–H and O–H groups in total. The van der Waals surface area contributed by atoms with E-state index >= 15 is 0 Å². The van der Waals surface area contributed by atoms with Gasteiger partial charge in [-0.25, -0.2) is 4.98 Å². The van der Waals surface area contributed by atoms with E-state index in [4.69, 9.17) is 10.5 Å². The summed E-state index contributed by atoms with van der Waals surface area (Å²) in [5.41, 5.74) is 5.73. The van der Waals surface area contributed by atoms with Gasteiger partial charge < -0.3 is 10.5 Å². The molecule has 2 aromatic rings. The molecule has 0 spiro atoms. The predicted molar refractivity (Wildman–Crippen MR) is 74.3 cm³/mol. The first-order valence-corrected chi connectivity index (χ1v) is 6.38. The minimum Gasteiger partial charge on any atom is -0.455 e. The second-order valence-electron chi connectivity index (χ2n) is 4.93. The lowest BCUT2D eigenvalue weighted by atomic mass is 10.0. The van der Waals surface area contributed by atoms with Crippen molar-refractivity contribution in [3.8, 4) is 11.5 Å². The molecule has 0 saturated heterocycles. The van der Waals surface area contributed by atoms with Crippen LogP contribution in [-0.2, 0) is 6.18 Å². The SMILES string of the molecule is CC(C)c1ccc(Oc2cc(C(F)(F)F)ncc2N)cc1. The molecule has 0 amide bonds. The van der Waals surface area contributed by atoms with Gasteiger partial charge in [-0.3, -0.25) is 0 Å². The third kappa shape index (κ3) is 3.65. The normalized spacial score (nSPS) is 11.7. The molecule has 0 fully saturated rings. The summed E-state index contributed by atoms with van der Waals surface area (Å²) in [7, 11) is 0. The lowest BCUT2D eigenvalue weighted by molar-refractivity contribution is -0.141. The average Bonchev–Trinajstić information content (AvgIpc) is 2.40. The molecule has 1 aromatic carbocycles. The van der Waals surface area contributed by atoms with E-state index in [2.05, 4.69) is 4.98 Å². The Morgan fingerprint density at radius 2 is 1.76 bits per heavy atom. The highest BCUT2D eigenvalue weighted by Crippen LogP contribution is 2.34. The number of pyridine rings is 1. The van der Waals surface area contributed by atoms with Crippen LogP contribution in [0.15, 0.2) is 36.5 Å². The van der Waals surface area contributed by atoms with Crippen LogP contribution in [0.4, 0.5) is 18.9 Å². The maximum absolute atomic E-state index is 12.6. The molecular formula is C15H15F3N2O. The van der Waals surface area contributed by atoms with E-state index < -0.39 is 11.9 Å². The highest BCUT2D eigenvalue weighted by molar-refractivity contribution is 5.53. The van der Waals surface area contributed by atoms with Crippen LogP contribution in [0.5, 0.6) is 11.5 Å². The van der Waals surface area contributed by atoms with Crippen molar-refractivity contribution in [1.82, 2.24) is 4.98 Å². The summed E-state index contributed by atoms with van der Waals surface area (Å²) in [5, 5.41) is 0. The van der Waals surface area contributed by atoms with Gasteiger partial charge in [0.25, 0.3) is 0 Å². The number of benzene rings is 1. The van der Waals surface area contributed by atoms with Crippen LogP contribution in [-0.4, -0.2) is 4.98 Å². The maximum atomic E-state index is 12.6. The molecule has 0 atom stereocenters. The summed E-state index contributed by atoms with van der Waals surface area (Å²) >= 11 is 0. The molecule has 6 heteroatoms. The van der Waals surface area contributed by atoms with E-state index in [9.17, 15) is 13.2 Å². The Bertz CT molecular complexity index is 622. The minimum absolute atomic E-state index is 0.0518. The number of hydrogen-bond acceptors (Lipinski definition) is 3. The monoisotopic (exact) mass is 296 g/mol. The summed E-state index contributed by atoms with van der Waals surface area (Å²) in [4.78, 5) is 3.26. The van der Waals surface area contributed by atoms with Gasteiger partial charge in [-0.1, -0.05) is 26.0 Å². The first-order chi connectivity index (χ1) is 9.77. The molecule has 21 heavy (non-hydrogen) atoms. The Labute approximate surface area is 120 Å². The highest BCUT2D eigenvalue weighted by atomic mass is 19.4. The topological polar surface area (TPSA) is 48.1 Å². The molecule has 0 aliphatic heterocycles. The van der Waals surface area contributed by atoms with Crippen molar-refractivity contribution in [2.75, 3.05) is 5.73 Å². The fourth-order valence-corrected chi connectivity index (χ4v) is 1.74. The number of nitrogens with zero attached hydrogens (tertiary/aromatic N) is 1. The van der Waals surface area contributed by atoms with Gasteiger partial charge in [0.15, 0.2) is 5.75 Å². The van der Waals surface area contributed by atoms with Crippen LogP contribution in [0, 0.1) is 0 Å². The zero-order valence-electron chi connectivity index (χ0n) is 11.6. The Morgan fingerprint density at radius 1 is 1.14 bits per heavy atom. The van der Waals surface area contributed by atoms with Crippen molar-refractivity contribution < 1.29 is 17.9 Å². The molecule has 0 saturated carbocycles. The van der Waals surface area contributed by atoms with E-state index in [1.165, 1.54) is 0 Å². The minimum atomic E-state index is -4.53. The van der Waals surface area contributed by atoms with E-state index in [1.807, 2.05) is 26.0 Å². The quantitative estimate of drug-likeness (QED) is 0.900. The van der Waals surface area contributed by atoms with Crippen LogP contribution in [0.25, 0.3) is 0 Å². The van der Waals surface area contributed by atoms with Gasteiger partial charge in [-0.05, 0) is 23.6 Å². The first kappa shape index (κ1) is 15.2. The summed E-state index contributed by atoms with van der Waals surface area (Å²) < 4.78 is 43.3. The fourth-order valence-electron chi connectivity index (χ4n) is 1.74. The average molecular weight is 296 g/mol. The van der Waals surface area contributed by atoms with Crippen LogP contribution in [0.2, 0.25) is 0 Å². The number of ether oxygens (including phenoxy) is 1. The van der Waals surface area contributed by atoms with E-state index in [-0.39, 0.29) is 11.4 Å². The molecule has 1 heterocycles. The number of nitrogens with two attached hydrogens (primary N) is 1. The zero-order valence-corrected chi connectivity index (χ0v) is 11.6. The second-order valence-corrected chi connectivity index (χ2v) is 4.93. The summed E-state index contributed by atoms with van der Waals surface area (Å²) in [6, 6.07) is 7.92. The molecule has 112 valence electrons. The van der Waals surface area contributed by atoms with Crippen molar-refractivity contribution >= 4 is 5.69 Å². The van der Waals surface area contributed by atoms with Crippen molar-refractivity contribution in [2.45, 2.75) is 25.9 Å². The van der Waals surface area contributed by atoms with Gasteiger partial charge in [0.1, 0.15) is 11.4 Å². The first-order valence-electron chi connectivity index (χ1n) is 6.38. The highest BCUT2D eigenvalue weighted by Gasteiger charge is 2.33. The molecular weight excluding hydrogens is 281 g/mol. The van der Waals surface area contributed by atoms with Gasteiger partial charge in [0.05, 0.1) is 11.9 Å². The van der Waals surface area contributed by atoms with Crippen molar-refractivity contribution in [3.63, 3.8) is 0 Å². The van der Waals surface area contributed by atoms with E-state index in [0.29, 0.717) is 11.7 Å². The summed E-state index contributed by atoms with van der Waals surface area (Å²) in [6.45, 7) is 4.10. The van der Waals surface area contributed by atoms with Gasteiger partial charge in [0, 0.05) is 6.07 Å². The molecule has 0 bridgehead atoms. The molecule has 0 aliphatic rings. The van der Waals surface area contributed by atoms with Crippen molar-refractivity contribution in [1.29, 1.82) is 0 Å². The standard InChI is InChI=1S/C15H15F3N2O/c1-9(2)10-3-5-11(6-4-10)21-13-7-14(15(16,17)18)20-8-12(13)19/h3-9H,19H2,1-2H3. The van der Waals surface area contributed by atoms with Gasteiger partial charge >= 0.3 is 6.18 Å². The molecule has 0 unspecified atom stereocenters. The number of hydrogen-bond donors (Lipinski definition) is 1. The third-order valence-electron chi connectivity index (χ3n) is 2.96.